The summed E-state index contributed by atoms with van der Waals surface area (Å²) >= 11 is 0. The Balaban J connectivity index is 2.06. The molecule has 2 rings (SSSR count). The Labute approximate surface area is 106 Å². The minimum atomic E-state index is -0.283. The van der Waals surface area contributed by atoms with Crippen molar-refractivity contribution in [3.8, 4) is 11.8 Å². The van der Waals surface area contributed by atoms with Gasteiger partial charge in [-0.3, -0.25) is 0 Å². The van der Waals surface area contributed by atoms with Crippen molar-refractivity contribution in [3.05, 3.63) is 29.3 Å². The fourth-order valence-electron chi connectivity index (χ4n) is 2.12. The maximum Gasteiger partial charge on any atom is 0.339 e. The van der Waals surface area contributed by atoms with Crippen LogP contribution in [0.2, 0.25) is 0 Å². The normalized spacial score (nSPS) is 16.9. The van der Waals surface area contributed by atoms with E-state index in [1.54, 1.807) is 13.2 Å². The molecule has 1 aliphatic rings. The van der Waals surface area contributed by atoms with E-state index in [0.29, 0.717) is 17.7 Å². The number of carbonyl (C=O) groups excluding carboxylic acids is 1. The fourth-order valence-corrected chi connectivity index (χ4v) is 2.12. The molecule has 0 amide bonds. The van der Waals surface area contributed by atoms with Crippen molar-refractivity contribution in [2.24, 2.45) is 0 Å². The SMILES string of the molecule is COc1ccc2c(c1)C(=O)OC2CCCCC#N. The summed E-state index contributed by atoms with van der Waals surface area (Å²) in [6.45, 7) is 0. The van der Waals surface area contributed by atoms with Crippen LogP contribution in [-0.4, -0.2) is 13.1 Å². The number of hydrogen-bond donors (Lipinski definition) is 0. The van der Waals surface area contributed by atoms with Gasteiger partial charge in [0.15, 0.2) is 0 Å². The van der Waals surface area contributed by atoms with Crippen LogP contribution in [0, 0.1) is 11.3 Å². The lowest BCUT2D eigenvalue weighted by Crippen LogP contribution is -1.98. The average Bonchev–Trinajstić information content (AvgIpc) is 2.71. The lowest BCUT2D eigenvalue weighted by Gasteiger charge is -2.09. The molecule has 0 aliphatic carbocycles. The Bertz CT molecular complexity index is 490. The first-order chi connectivity index (χ1) is 8.76. The third kappa shape index (κ3) is 2.45. The predicted octanol–water partition coefficient (Wildman–Crippen LogP) is 2.99. The number of fused-ring (bicyclic) bond motifs is 1. The zero-order chi connectivity index (χ0) is 13.0. The molecule has 4 heteroatoms. The number of carbonyl (C=O) groups is 1. The van der Waals surface area contributed by atoms with E-state index in [9.17, 15) is 4.79 Å². The van der Waals surface area contributed by atoms with Gasteiger partial charge in [0, 0.05) is 12.0 Å². The van der Waals surface area contributed by atoms with Gasteiger partial charge in [-0.2, -0.15) is 5.26 Å². The van der Waals surface area contributed by atoms with Crippen LogP contribution in [-0.2, 0) is 4.74 Å². The summed E-state index contributed by atoms with van der Waals surface area (Å²) in [5.41, 5.74) is 1.53. The molecular formula is C14H15NO3. The fraction of sp³-hybridized carbons (Fsp3) is 0.429. The summed E-state index contributed by atoms with van der Waals surface area (Å²) < 4.78 is 10.4. The number of unbranched alkanes of at least 4 members (excludes halogenated alkanes) is 2. The zero-order valence-corrected chi connectivity index (χ0v) is 10.3. The number of cyclic esters (lactones) is 1. The van der Waals surface area contributed by atoms with E-state index in [2.05, 4.69) is 6.07 Å². The van der Waals surface area contributed by atoms with Crippen LogP contribution in [0.4, 0.5) is 0 Å². The molecule has 1 aromatic rings. The molecule has 94 valence electrons. The van der Waals surface area contributed by atoms with Gasteiger partial charge in [-0.1, -0.05) is 6.07 Å². The van der Waals surface area contributed by atoms with Crippen molar-refractivity contribution in [2.75, 3.05) is 7.11 Å². The first-order valence-electron chi connectivity index (χ1n) is 6.02. The molecule has 1 heterocycles. The monoisotopic (exact) mass is 245 g/mol. The van der Waals surface area contributed by atoms with Gasteiger partial charge in [-0.05, 0) is 31.4 Å². The Morgan fingerprint density at radius 1 is 1.44 bits per heavy atom. The van der Waals surface area contributed by atoms with Crippen LogP contribution in [0.25, 0.3) is 0 Å². The van der Waals surface area contributed by atoms with Crippen molar-refractivity contribution in [1.29, 1.82) is 5.26 Å². The van der Waals surface area contributed by atoms with E-state index in [1.165, 1.54) is 0 Å². The van der Waals surface area contributed by atoms with Crippen LogP contribution >= 0.6 is 0 Å². The molecule has 18 heavy (non-hydrogen) atoms. The van der Waals surface area contributed by atoms with Crippen molar-refractivity contribution in [1.82, 2.24) is 0 Å². The number of rotatable bonds is 5. The largest absolute Gasteiger partial charge is 0.497 e. The molecule has 0 radical (unpaired) electrons. The third-order valence-electron chi connectivity index (χ3n) is 3.08. The van der Waals surface area contributed by atoms with Crippen molar-refractivity contribution in [3.63, 3.8) is 0 Å². The van der Waals surface area contributed by atoms with Crippen molar-refractivity contribution < 1.29 is 14.3 Å². The summed E-state index contributed by atoms with van der Waals surface area (Å²) in [5.74, 6) is 0.380. The van der Waals surface area contributed by atoms with Crippen LogP contribution in [0.5, 0.6) is 5.75 Å². The highest BCUT2D eigenvalue weighted by molar-refractivity contribution is 5.94. The Kier molecular flexibility index (Phi) is 3.83. The van der Waals surface area contributed by atoms with Crippen LogP contribution in [0.15, 0.2) is 18.2 Å². The molecule has 0 bridgehead atoms. The number of benzene rings is 1. The molecule has 0 saturated heterocycles. The molecule has 0 saturated carbocycles. The molecular weight excluding hydrogens is 230 g/mol. The van der Waals surface area contributed by atoms with E-state index in [0.717, 1.165) is 24.8 Å². The van der Waals surface area contributed by atoms with Gasteiger partial charge in [0.05, 0.1) is 18.7 Å². The van der Waals surface area contributed by atoms with E-state index in [-0.39, 0.29) is 12.1 Å². The Morgan fingerprint density at radius 3 is 3.00 bits per heavy atom. The molecule has 1 atom stereocenters. The number of esters is 1. The summed E-state index contributed by atoms with van der Waals surface area (Å²) in [6, 6.07) is 7.55. The molecule has 1 aliphatic heterocycles. The predicted molar refractivity (Wildman–Crippen MR) is 65.2 cm³/mol. The molecule has 0 fully saturated rings. The van der Waals surface area contributed by atoms with Gasteiger partial charge >= 0.3 is 5.97 Å². The smallest absolute Gasteiger partial charge is 0.339 e. The first kappa shape index (κ1) is 12.4. The summed E-state index contributed by atoms with van der Waals surface area (Å²) in [7, 11) is 1.57. The Morgan fingerprint density at radius 2 is 2.28 bits per heavy atom. The highest BCUT2D eigenvalue weighted by Crippen LogP contribution is 2.36. The summed E-state index contributed by atoms with van der Waals surface area (Å²) in [6.07, 6.45) is 2.88. The lowest BCUT2D eigenvalue weighted by atomic mass is 10.0. The quantitative estimate of drug-likeness (QED) is 0.591. The molecule has 1 aromatic carbocycles. The minimum Gasteiger partial charge on any atom is -0.497 e. The lowest BCUT2D eigenvalue weighted by molar-refractivity contribution is 0.0363. The van der Waals surface area contributed by atoms with E-state index in [1.807, 2.05) is 12.1 Å². The highest BCUT2D eigenvalue weighted by atomic mass is 16.5. The van der Waals surface area contributed by atoms with Gasteiger partial charge < -0.3 is 9.47 Å². The second kappa shape index (κ2) is 5.54. The standard InChI is InChI=1S/C14H15NO3/c1-17-10-6-7-11-12(9-10)14(16)18-13(11)5-3-2-4-8-15/h6-7,9,13H,2-5H2,1H3. The summed E-state index contributed by atoms with van der Waals surface area (Å²) in [5, 5.41) is 8.47. The van der Waals surface area contributed by atoms with Gasteiger partial charge in [0.1, 0.15) is 11.9 Å². The molecule has 1 unspecified atom stereocenters. The highest BCUT2D eigenvalue weighted by Gasteiger charge is 2.30. The van der Waals surface area contributed by atoms with Crippen molar-refractivity contribution >= 4 is 5.97 Å². The molecule has 0 N–H and O–H groups in total. The molecule has 4 nitrogen and oxygen atoms in total. The van der Waals surface area contributed by atoms with E-state index in [4.69, 9.17) is 14.7 Å². The van der Waals surface area contributed by atoms with Gasteiger partial charge in [-0.25, -0.2) is 4.79 Å². The number of nitrogens with zero attached hydrogens (tertiary/aromatic N) is 1. The van der Waals surface area contributed by atoms with E-state index >= 15 is 0 Å². The zero-order valence-electron chi connectivity index (χ0n) is 10.3. The van der Waals surface area contributed by atoms with Gasteiger partial charge in [-0.15, -0.1) is 0 Å². The number of nitriles is 1. The van der Waals surface area contributed by atoms with Gasteiger partial charge in [0.25, 0.3) is 0 Å². The van der Waals surface area contributed by atoms with Crippen LogP contribution < -0.4 is 4.74 Å². The average molecular weight is 245 g/mol. The minimum absolute atomic E-state index is 0.169. The van der Waals surface area contributed by atoms with Crippen LogP contribution in [0.1, 0.15) is 47.7 Å². The second-order valence-electron chi connectivity index (χ2n) is 4.25. The van der Waals surface area contributed by atoms with Crippen molar-refractivity contribution in [2.45, 2.75) is 31.8 Å². The number of methoxy groups -OCH3 is 1. The number of hydrogen-bond acceptors (Lipinski definition) is 4. The molecule has 0 aromatic heterocycles. The topological polar surface area (TPSA) is 59.3 Å². The first-order valence-corrected chi connectivity index (χ1v) is 6.02. The maximum absolute atomic E-state index is 11.7. The second-order valence-corrected chi connectivity index (χ2v) is 4.25. The third-order valence-corrected chi connectivity index (χ3v) is 3.08. The summed E-state index contributed by atoms with van der Waals surface area (Å²) in [4.78, 5) is 11.7. The maximum atomic E-state index is 11.7. The molecule has 0 spiro atoms. The van der Waals surface area contributed by atoms with Crippen LogP contribution in [0.3, 0.4) is 0 Å². The van der Waals surface area contributed by atoms with E-state index < -0.39 is 0 Å². The number of ether oxygens (including phenoxy) is 2. The van der Waals surface area contributed by atoms with Gasteiger partial charge in [0.2, 0.25) is 0 Å². The Hall–Kier alpha value is -2.02.